The van der Waals surface area contributed by atoms with E-state index in [1.54, 1.807) is 60.0 Å². The van der Waals surface area contributed by atoms with Crippen LogP contribution in [0.1, 0.15) is 45.2 Å². The second kappa shape index (κ2) is 11.4. The van der Waals surface area contributed by atoms with E-state index in [4.69, 9.17) is 11.6 Å². The SMILES string of the molecule is Cc1cccc(NC(=O)N2C(c3cccc([N+](=O)[O-])c3)C(C(=O)c3cccc(Cl)c3)C(c3cccs3)C2(C)C(=O)O)c1. The van der Waals surface area contributed by atoms with Gasteiger partial charge in [0.1, 0.15) is 5.54 Å². The molecular formula is C31H26ClN3O6S. The number of nitro benzene ring substituents is 1. The van der Waals surface area contributed by atoms with Crippen LogP contribution in [0.2, 0.25) is 5.02 Å². The normalized spacial score (nSPS) is 21.6. The standard InChI is InChI=1S/C31H26ClN3O6S/c1-18-7-3-11-22(15-18)33-30(39)34-27(19-8-5-12-23(17-19)35(40)41)25(28(36)20-9-4-10-21(32)16-20)26(24-13-6-14-42-24)31(34,2)29(37)38/h3-17,25-27H,1-2H3,(H,33,39)(H,37,38). The first-order valence-corrected chi connectivity index (χ1v) is 14.3. The van der Waals surface area contributed by atoms with E-state index < -0.39 is 46.1 Å². The topological polar surface area (TPSA) is 130 Å². The second-order valence-electron chi connectivity index (χ2n) is 10.3. The number of non-ortho nitro benzene ring substituents is 1. The van der Waals surface area contributed by atoms with Crippen LogP contribution < -0.4 is 5.32 Å². The molecule has 1 aromatic heterocycles. The third-order valence-electron chi connectivity index (χ3n) is 7.69. The Kier molecular flexibility index (Phi) is 7.85. The molecule has 1 fully saturated rings. The number of halogens is 1. The first-order valence-electron chi connectivity index (χ1n) is 13.0. The van der Waals surface area contributed by atoms with Crippen molar-refractivity contribution in [2.45, 2.75) is 31.3 Å². The van der Waals surface area contributed by atoms with Gasteiger partial charge in [-0.3, -0.25) is 19.8 Å². The average Bonchev–Trinajstić information content (AvgIpc) is 3.57. The van der Waals surface area contributed by atoms with Gasteiger partial charge in [0.25, 0.3) is 5.69 Å². The summed E-state index contributed by atoms with van der Waals surface area (Å²) < 4.78 is 0. The molecule has 4 unspecified atom stereocenters. The Morgan fingerprint density at radius 1 is 1.02 bits per heavy atom. The average molecular weight is 604 g/mol. The van der Waals surface area contributed by atoms with Gasteiger partial charge in [-0.05, 0) is 60.7 Å². The number of carboxylic acid groups (broad SMARTS) is 1. The van der Waals surface area contributed by atoms with Crippen molar-refractivity contribution in [3.63, 3.8) is 0 Å². The molecule has 0 spiro atoms. The van der Waals surface area contributed by atoms with Gasteiger partial charge in [-0.25, -0.2) is 9.59 Å². The number of aliphatic carboxylic acids is 1. The van der Waals surface area contributed by atoms with E-state index in [0.29, 0.717) is 15.6 Å². The van der Waals surface area contributed by atoms with E-state index in [-0.39, 0.29) is 16.8 Å². The van der Waals surface area contributed by atoms with Crippen molar-refractivity contribution in [3.8, 4) is 0 Å². The van der Waals surface area contributed by atoms with Crippen LogP contribution in [0.25, 0.3) is 0 Å². The Balaban J connectivity index is 1.78. The molecule has 3 aromatic carbocycles. The number of carbonyl (C=O) groups excluding carboxylic acids is 2. The van der Waals surface area contributed by atoms with E-state index in [1.165, 1.54) is 42.5 Å². The van der Waals surface area contributed by atoms with Crippen molar-refractivity contribution in [1.82, 2.24) is 4.90 Å². The second-order valence-corrected chi connectivity index (χ2v) is 11.7. The van der Waals surface area contributed by atoms with E-state index in [2.05, 4.69) is 5.32 Å². The minimum atomic E-state index is -1.94. The molecule has 4 atom stereocenters. The molecule has 1 saturated heterocycles. The molecule has 4 aromatic rings. The number of nitro groups is 1. The molecule has 0 aliphatic carbocycles. The highest BCUT2D eigenvalue weighted by molar-refractivity contribution is 7.10. The highest BCUT2D eigenvalue weighted by Gasteiger charge is 2.65. The van der Waals surface area contributed by atoms with Gasteiger partial charge in [0.15, 0.2) is 5.78 Å². The number of carbonyl (C=O) groups is 3. The number of urea groups is 1. The van der Waals surface area contributed by atoms with Crippen molar-refractivity contribution < 1.29 is 24.4 Å². The molecule has 5 rings (SSSR count). The largest absolute Gasteiger partial charge is 0.479 e. The highest BCUT2D eigenvalue weighted by Crippen LogP contribution is 2.57. The summed E-state index contributed by atoms with van der Waals surface area (Å²) in [6, 6.07) is 20.5. The Bertz CT molecular complexity index is 1690. The van der Waals surface area contributed by atoms with Gasteiger partial charge in [0, 0.05) is 39.2 Å². The zero-order valence-electron chi connectivity index (χ0n) is 22.6. The molecule has 2 N–H and O–H groups in total. The van der Waals surface area contributed by atoms with Gasteiger partial charge in [-0.15, -0.1) is 11.3 Å². The van der Waals surface area contributed by atoms with E-state index in [1.807, 2.05) is 13.0 Å². The predicted octanol–water partition coefficient (Wildman–Crippen LogP) is 7.33. The Labute approximate surface area is 250 Å². The van der Waals surface area contributed by atoms with Gasteiger partial charge < -0.3 is 10.4 Å². The molecule has 2 amide bonds. The number of nitrogens with one attached hydrogen (secondary N) is 1. The fourth-order valence-electron chi connectivity index (χ4n) is 5.84. The summed E-state index contributed by atoms with van der Waals surface area (Å²) in [7, 11) is 0. The number of aryl methyl sites for hydroxylation is 1. The molecule has 0 bridgehead atoms. The quantitative estimate of drug-likeness (QED) is 0.129. The maximum Gasteiger partial charge on any atom is 0.330 e. The number of ketones is 1. The lowest BCUT2D eigenvalue weighted by molar-refractivity contribution is -0.385. The van der Waals surface area contributed by atoms with Crippen LogP contribution in [0, 0.1) is 23.0 Å². The van der Waals surface area contributed by atoms with Crippen molar-refractivity contribution in [1.29, 1.82) is 0 Å². The Hall–Kier alpha value is -4.54. The van der Waals surface area contributed by atoms with E-state index in [0.717, 1.165) is 10.5 Å². The third-order valence-corrected chi connectivity index (χ3v) is 8.88. The molecule has 0 saturated carbocycles. The number of benzene rings is 3. The molecule has 1 aliphatic heterocycles. The minimum absolute atomic E-state index is 0.234. The number of thiophene rings is 1. The van der Waals surface area contributed by atoms with Crippen LogP contribution in [-0.2, 0) is 4.79 Å². The van der Waals surface area contributed by atoms with Crippen LogP contribution in [0.5, 0.6) is 0 Å². The highest BCUT2D eigenvalue weighted by atomic mass is 35.5. The summed E-state index contributed by atoms with van der Waals surface area (Å²) >= 11 is 7.51. The smallest absolute Gasteiger partial charge is 0.330 e. The lowest BCUT2D eigenvalue weighted by atomic mass is 9.74. The summed E-state index contributed by atoms with van der Waals surface area (Å²) in [6.07, 6.45) is 0. The third kappa shape index (κ3) is 5.15. The number of nitrogens with zero attached hydrogens (tertiary/aromatic N) is 2. The summed E-state index contributed by atoms with van der Waals surface area (Å²) in [6.45, 7) is 3.27. The van der Waals surface area contributed by atoms with Crippen molar-refractivity contribution in [2.75, 3.05) is 5.32 Å². The summed E-state index contributed by atoms with van der Waals surface area (Å²) in [5.41, 5.74) is -0.392. The number of likely N-dealkylation sites (tertiary alicyclic amines) is 1. The summed E-state index contributed by atoms with van der Waals surface area (Å²) in [5.74, 6) is -3.90. The lowest BCUT2D eigenvalue weighted by Gasteiger charge is -2.37. The molecule has 11 heteroatoms. The zero-order valence-corrected chi connectivity index (χ0v) is 24.1. The zero-order chi connectivity index (χ0) is 30.2. The van der Waals surface area contributed by atoms with Crippen molar-refractivity contribution in [3.05, 3.63) is 127 Å². The van der Waals surface area contributed by atoms with Crippen LogP contribution in [-0.4, -0.2) is 38.3 Å². The molecule has 2 heterocycles. The number of carboxylic acids is 1. The fourth-order valence-corrected chi connectivity index (χ4v) is 7.03. The molecule has 214 valence electrons. The molecule has 42 heavy (non-hydrogen) atoms. The minimum Gasteiger partial charge on any atom is -0.479 e. The molecular weight excluding hydrogens is 578 g/mol. The Morgan fingerprint density at radius 2 is 1.76 bits per heavy atom. The lowest BCUT2D eigenvalue weighted by Crippen LogP contribution is -2.55. The first-order chi connectivity index (χ1) is 20.0. The van der Waals surface area contributed by atoms with Gasteiger partial charge in [-0.2, -0.15) is 0 Å². The van der Waals surface area contributed by atoms with Gasteiger partial charge in [0.2, 0.25) is 0 Å². The van der Waals surface area contributed by atoms with E-state index in [9.17, 15) is 29.6 Å². The van der Waals surface area contributed by atoms with Crippen LogP contribution in [0.3, 0.4) is 0 Å². The van der Waals surface area contributed by atoms with Crippen LogP contribution in [0.15, 0.2) is 90.3 Å². The van der Waals surface area contributed by atoms with E-state index >= 15 is 0 Å². The van der Waals surface area contributed by atoms with Gasteiger partial charge in [-0.1, -0.05) is 54.1 Å². The maximum atomic E-state index is 14.4. The number of Topliss-reactive ketones (excluding diaryl/α,β-unsaturated/α-hetero) is 1. The first kappa shape index (κ1) is 29.0. The predicted molar refractivity (Wildman–Crippen MR) is 160 cm³/mol. The van der Waals surface area contributed by atoms with Gasteiger partial charge >= 0.3 is 12.0 Å². The van der Waals surface area contributed by atoms with Crippen LogP contribution >= 0.6 is 22.9 Å². The number of amides is 2. The summed E-state index contributed by atoms with van der Waals surface area (Å²) in [4.78, 5) is 54.9. The number of rotatable bonds is 7. The number of hydrogen-bond acceptors (Lipinski definition) is 6. The van der Waals surface area contributed by atoms with Crippen molar-refractivity contribution >= 4 is 52.1 Å². The maximum absolute atomic E-state index is 14.4. The molecule has 1 aliphatic rings. The monoisotopic (exact) mass is 603 g/mol. The fraction of sp³-hybridized carbons (Fsp3) is 0.194. The van der Waals surface area contributed by atoms with Gasteiger partial charge in [0.05, 0.1) is 16.9 Å². The number of hydrogen-bond donors (Lipinski definition) is 2. The number of anilines is 1. The molecule has 0 radical (unpaired) electrons. The van der Waals surface area contributed by atoms with Crippen LogP contribution in [0.4, 0.5) is 16.2 Å². The van der Waals surface area contributed by atoms with Crippen molar-refractivity contribution in [2.24, 2.45) is 5.92 Å². The summed E-state index contributed by atoms with van der Waals surface area (Å²) in [5, 5.41) is 27.5. The molecule has 9 nitrogen and oxygen atoms in total. The Morgan fingerprint density at radius 3 is 2.40 bits per heavy atom.